The van der Waals surface area contributed by atoms with E-state index in [1.165, 1.54) is 0 Å². The highest BCUT2D eigenvalue weighted by Crippen LogP contribution is 2.02. The van der Waals surface area contributed by atoms with Crippen molar-refractivity contribution in [2.75, 3.05) is 27.8 Å². The maximum absolute atomic E-state index is 4.28. The second-order valence-corrected chi connectivity index (χ2v) is 3.62. The van der Waals surface area contributed by atoms with Crippen LogP contribution in [0, 0.1) is 0 Å². The Morgan fingerprint density at radius 1 is 1.40 bits per heavy atom. The molecule has 3 heteroatoms. The molecule has 0 fully saturated rings. The van der Waals surface area contributed by atoms with Crippen LogP contribution < -0.4 is 0 Å². The Morgan fingerprint density at radius 2 is 2.07 bits per heavy atom. The Bertz CT molecular complexity index is 260. The summed E-state index contributed by atoms with van der Waals surface area (Å²) in [5.41, 5.74) is 3.88. The van der Waals surface area contributed by atoms with Crippen molar-refractivity contribution in [1.29, 1.82) is 0 Å². The summed E-state index contributed by atoms with van der Waals surface area (Å²) in [5, 5.41) is 6.17. The number of hydrogen-bond donors (Lipinski definition) is 0. The molecule has 0 aromatic carbocycles. The van der Waals surface area contributed by atoms with Gasteiger partial charge in [-0.3, -0.25) is 9.91 Å². The van der Waals surface area contributed by atoms with Gasteiger partial charge in [-0.15, -0.1) is 5.73 Å². The third-order valence-electron chi connectivity index (χ3n) is 1.78. The molecule has 0 N–H and O–H groups in total. The van der Waals surface area contributed by atoms with Gasteiger partial charge in [-0.1, -0.05) is 19.2 Å². The highest BCUT2D eigenvalue weighted by Gasteiger charge is 1.93. The molecule has 0 radical (unpaired) electrons. The van der Waals surface area contributed by atoms with Crippen molar-refractivity contribution in [3.05, 3.63) is 30.5 Å². The molecule has 3 nitrogen and oxygen atoms in total. The monoisotopic (exact) mass is 207 g/mol. The summed E-state index contributed by atoms with van der Waals surface area (Å²) in [4.78, 5) is 2.07. The van der Waals surface area contributed by atoms with Crippen LogP contribution in [0.2, 0.25) is 0 Å². The van der Waals surface area contributed by atoms with Crippen LogP contribution in [-0.2, 0) is 0 Å². The van der Waals surface area contributed by atoms with Gasteiger partial charge in [0.05, 0.1) is 6.67 Å². The maximum Gasteiger partial charge on any atom is 0.0871 e. The summed E-state index contributed by atoms with van der Waals surface area (Å²) in [6.07, 6.45) is 5.47. The lowest BCUT2D eigenvalue weighted by molar-refractivity contribution is 0.218. The minimum atomic E-state index is 0.822. The second-order valence-electron chi connectivity index (χ2n) is 3.62. The average Bonchev–Trinajstić information content (AvgIpc) is 2.17. The predicted octanol–water partition coefficient (Wildman–Crippen LogP) is 2.10. The van der Waals surface area contributed by atoms with E-state index in [-0.39, 0.29) is 0 Å². The summed E-state index contributed by atoms with van der Waals surface area (Å²) in [7, 11) is 5.98. The molecular formula is C12H21N3. The van der Waals surface area contributed by atoms with Crippen LogP contribution in [0.25, 0.3) is 0 Å². The molecule has 0 bridgehead atoms. The quantitative estimate of drug-likeness (QED) is 0.209. The minimum absolute atomic E-state index is 0.822. The van der Waals surface area contributed by atoms with Crippen LogP contribution in [0.4, 0.5) is 0 Å². The SMILES string of the molecule is C=C=C(C=C)CC/C=N\N(C)CN(C)C. The van der Waals surface area contributed by atoms with Crippen molar-refractivity contribution < 1.29 is 0 Å². The zero-order valence-corrected chi connectivity index (χ0v) is 10.0. The van der Waals surface area contributed by atoms with E-state index < -0.39 is 0 Å². The molecule has 0 spiro atoms. The van der Waals surface area contributed by atoms with E-state index in [0.717, 1.165) is 25.1 Å². The lowest BCUT2D eigenvalue weighted by Gasteiger charge is -2.17. The van der Waals surface area contributed by atoms with E-state index in [4.69, 9.17) is 0 Å². The van der Waals surface area contributed by atoms with Crippen molar-refractivity contribution in [3.8, 4) is 0 Å². The Balaban J connectivity index is 3.80. The van der Waals surface area contributed by atoms with E-state index in [2.05, 4.69) is 28.9 Å². The zero-order chi connectivity index (χ0) is 11.7. The normalized spacial score (nSPS) is 10.4. The molecule has 0 amide bonds. The molecule has 0 aliphatic heterocycles. The van der Waals surface area contributed by atoms with Gasteiger partial charge >= 0.3 is 0 Å². The van der Waals surface area contributed by atoms with Crippen molar-refractivity contribution in [1.82, 2.24) is 9.91 Å². The van der Waals surface area contributed by atoms with Crippen molar-refractivity contribution in [3.63, 3.8) is 0 Å². The summed E-state index contributed by atoms with van der Waals surface area (Å²) >= 11 is 0. The molecule has 0 saturated heterocycles. The highest BCUT2D eigenvalue weighted by molar-refractivity contribution is 5.57. The van der Waals surface area contributed by atoms with Gasteiger partial charge < -0.3 is 0 Å². The first kappa shape index (κ1) is 13.7. The Kier molecular flexibility index (Phi) is 7.33. The molecule has 15 heavy (non-hydrogen) atoms. The van der Waals surface area contributed by atoms with Gasteiger partial charge in [0.1, 0.15) is 0 Å². The molecular weight excluding hydrogens is 186 g/mol. The first-order valence-electron chi connectivity index (χ1n) is 4.99. The Hall–Kier alpha value is -1.31. The van der Waals surface area contributed by atoms with E-state index in [0.29, 0.717) is 0 Å². The molecule has 0 rings (SSSR count). The number of nitrogens with zero attached hydrogens (tertiary/aromatic N) is 3. The van der Waals surface area contributed by atoms with Gasteiger partial charge in [-0.25, -0.2) is 0 Å². The Labute approximate surface area is 93.1 Å². The number of hydrazone groups is 1. The van der Waals surface area contributed by atoms with Crippen LogP contribution in [0.5, 0.6) is 0 Å². The fourth-order valence-electron chi connectivity index (χ4n) is 1.13. The van der Waals surface area contributed by atoms with Gasteiger partial charge in [0.25, 0.3) is 0 Å². The van der Waals surface area contributed by atoms with Crippen molar-refractivity contribution in [2.24, 2.45) is 5.10 Å². The van der Waals surface area contributed by atoms with E-state index in [9.17, 15) is 0 Å². The number of hydrogen-bond acceptors (Lipinski definition) is 3. The van der Waals surface area contributed by atoms with Crippen LogP contribution in [0.3, 0.4) is 0 Å². The predicted molar refractivity (Wildman–Crippen MR) is 66.9 cm³/mol. The molecule has 0 aromatic heterocycles. The van der Waals surface area contributed by atoms with Crippen molar-refractivity contribution in [2.45, 2.75) is 12.8 Å². The molecule has 84 valence electrons. The topological polar surface area (TPSA) is 18.8 Å². The number of allylic oxidation sites excluding steroid dienone is 2. The van der Waals surface area contributed by atoms with E-state index in [1.807, 2.05) is 32.4 Å². The van der Waals surface area contributed by atoms with Gasteiger partial charge in [-0.05, 0) is 32.5 Å². The summed E-state index contributed by atoms with van der Waals surface area (Å²) in [6.45, 7) is 8.10. The van der Waals surface area contributed by atoms with Crippen LogP contribution in [0.1, 0.15) is 12.8 Å². The van der Waals surface area contributed by atoms with Gasteiger partial charge in [0.2, 0.25) is 0 Å². The molecule has 0 aromatic rings. The zero-order valence-electron chi connectivity index (χ0n) is 10.0. The third-order valence-corrected chi connectivity index (χ3v) is 1.78. The van der Waals surface area contributed by atoms with Crippen LogP contribution in [-0.4, -0.2) is 43.9 Å². The van der Waals surface area contributed by atoms with Gasteiger partial charge in [0.15, 0.2) is 0 Å². The summed E-state index contributed by atoms with van der Waals surface area (Å²) in [6, 6.07) is 0. The first-order valence-corrected chi connectivity index (χ1v) is 4.99. The van der Waals surface area contributed by atoms with Crippen LogP contribution in [0.15, 0.2) is 35.6 Å². The van der Waals surface area contributed by atoms with Gasteiger partial charge in [-0.2, -0.15) is 5.10 Å². The fourth-order valence-corrected chi connectivity index (χ4v) is 1.13. The van der Waals surface area contributed by atoms with Crippen molar-refractivity contribution >= 4 is 6.21 Å². The summed E-state index contributed by atoms with van der Waals surface area (Å²) < 4.78 is 0. The molecule has 0 aliphatic rings. The standard InChI is InChI=1S/C12H21N3/c1-6-12(7-2)9-8-10-13-15(5)11-14(3)4/h6,10H,1-2,8-9,11H2,3-5H3/b13-10-. The lowest BCUT2D eigenvalue weighted by Crippen LogP contribution is -2.26. The summed E-state index contributed by atoms with van der Waals surface area (Å²) in [5.74, 6) is 0. The molecule has 0 heterocycles. The molecule has 0 saturated carbocycles. The molecule has 0 aliphatic carbocycles. The molecule has 0 unspecified atom stereocenters. The largest absolute Gasteiger partial charge is 0.291 e. The third kappa shape index (κ3) is 7.74. The fraction of sp³-hybridized carbons (Fsp3) is 0.500. The molecule has 0 atom stereocenters. The van der Waals surface area contributed by atoms with E-state index in [1.54, 1.807) is 6.08 Å². The second kappa shape index (κ2) is 8.04. The smallest absolute Gasteiger partial charge is 0.0871 e. The van der Waals surface area contributed by atoms with E-state index >= 15 is 0 Å². The highest BCUT2D eigenvalue weighted by atomic mass is 15.5. The maximum atomic E-state index is 4.28. The van der Waals surface area contributed by atoms with Crippen LogP contribution >= 0.6 is 0 Å². The lowest BCUT2D eigenvalue weighted by atomic mass is 10.1. The first-order chi connectivity index (χ1) is 7.10. The van der Waals surface area contributed by atoms with Gasteiger partial charge in [0, 0.05) is 13.3 Å². The number of rotatable bonds is 7. The average molecular weight is 207 g/mol. The minimum Gasteiger partial charge on any atom is -0.291 e. The Morgan fingerprint density at radius 3 is 2.53 bits per heavy atom.